The first kappa shape index (κ1) is 11.5. The van der Waals surface area contributed by atoms with E-state index in [9.17, 15) is 4.21 Å². The molecule has 2 nitrogen and oxygen atoms in total. The Labute approximate surface area is 86.9 Å². The van der Waals surface area contributed by atoms with Crippen LogP contribution < -0.4 is 0 Å². The van der Waals surface area contributed by atoms with Crippen LogP contribution in [0.3, 0.4) is 0 Å². The summed E-state index contributed by atoms with van der Waals surface area (Å²) < 4.78 is 11.7. The number of thioether (sulfide) groups is 1. The molecule has 1 rings (SSSR count). The number of aliphatic hydroxyl groups excluding tert-OH is 1. The first-order valence-electron chi connectivity index (χ1n) is 4.78. The van der Waals surface area contributed by atoms with Crippen molar-refractivity contribution in [1.82, 2.24) is 0 Å². The van der Waals surface area contributed by atoms with E-state index in [0.29, 0.717) is 11.7 Å². The van der Waals surface area contributed by atoms with Gasteiger partial charge in [0.25, 0.3) is 0 Å². The molecule has 0 bridgehead atoms. The van der Waals surface area contributed by atoms with E-state index in [-0.39, 0.29) is 10.7 Å². The summed E-state index contributed by atoms with van der Waals surface area (Å²) in [5, 5.41) is 9.47. The van der Waals surface area contributed by atoms with E-state index in [1.54, 1.807) is 11.8 Å². The minimum Gasteiger partial charge on any atom is -0.396 e. The van der Waals surface area contributed by atoms with Gasteiger partial charge in [-0.3, -0.25) is 4.21 Å². The molecule has 2 atom stereocenters. The lowest BCUT2D eigenvalue weighted by molar-refractivity contribution is 0.281. The predicted octanol–water partition coefficient (Wildman–Crippen LogP) is 1.75. The zero-order chi connectivity index (χ0) is 9.90. The first-order valence-corrected chi connectivity index (χ1v) is 6.98. The number of rotatable bonds is 4. The van der Waals surface area contributed by atoms with Crippen molar-refractivity contribution in [2.45, 2.75) is 42.4 Å². The summed E-state index contributed by atoms with van der Waals surface area (Å²) in [5.41, 5.74) is 0. The molecule has 0 amide bonds. The quantitative estimate of drug-likeness (QED) is 0.787. The summed E-state index contributed by atoms with van der Waals surface area (Å²) in [5.74, 6) is 0.819. The van der Waals surface area contributed by atoms with Crippen molar-refractivity contribution in [3.8, 4) is 0 Å². The van der Waals surface area contributed by atoms with Gasteiger partial charge in [0.05, 0.1) is 4.08 Å². The minimum atomic E-state index is -0.737. The van der Waals surface area contributed by atoms with Gasteiger partial charge in [-0.15, -0.1) is 11.8 Å². The fourth-order valence-corrected chi connectivity index (χ4v) is 5.84. The zero-order valence-electron chi connectivity index (χ0n) is 8.28. The highest BCUT2D eigenvalue weighted by molar-refractivity contribution is 8.13. The Kier molecular flexibility index (Phi) is 4.26. The topological polar surface area (TPSA) is 37.3 Å². The molecule has 0 aliphatic carbocycles. The van der Waals surface area contributed by atoms with E-state index in [4.69, 9.17) is 5.11 Å². The molecule has 0 aromatic carbocycles. The SMILES string of the molecule is CC(C)S[C@]1(CCO)CCC[S@]1=O. The van der Waals surface area contributed by atoms with Crippen LogP contribution in [0.2, 0.25) is 0 Å². The van der Waals surface area contributed by atoms with E-state index < -0.39 is 10.8 Å². The number of hydrogen-bond donors (Lipinski definition) is 1. The summed E-state index contributed by atoms with van der Waals surface area (Å²) >= 11 is 1.78. The standard InChI is InChI=1S/C9H18O2S2/c1-8(2)12-9(5-6-10)4-3-7-13(9)11/h8,10H,3-7H2,1-2H3/t9-,13-/m1/s1. The summed E-state index contributed by atoms with van der Waals surface area (Å²) in [4.78, 5) is 0. The third-order valence-electron chi connectivity index (χ3n) is 2.25. The molecule has 0 spiro atoms. The highest BCUT2D eigenvalue weighted by Gasteiger charge is 2.41. The van der Waals surface area contributed by atoms with Gasteiger partial charge in [0.2, 0.25) is 0 Å². The van der Waals surface area contributed by atoms with Gasteiger partial charge in [0.15, 0.2) is 0 Å². The number of hydrogen-bond acceptors (Lipinski definition) is 3. The molecule has 13 heavy (non-hydrogen) atoms. The zero-order valence-corrected chi connectivity index (χ0v) is 9.92. The average molecular weight is 222 g/mol. The second-order valence-corrected chi connectivity index (χ2v) is 7.80. The summed E-state index contributed by atoms with van der Waals surface area (Å²) in [7, 11) is -0.737. The molecule has 1 aliphatic rings. The highest BCUT2D eigenvalue weighted by atomic mass is 32.2. The molecule has 0 aromatic heterocycles. The number of aliphatic hydroxyl groups is 1. The second-order valence-electron chi connectivity index (χ2n) is 3.70. The third kappa shape index (κ3) is 2.70. The molecule has 78 valence electrons. The van der Waals surface area contributed by atoms with E-state index in [1.807, 2.05) is 0 Å². The van der Waals surface area contributed by atoms with Crippen molar-refractivity contribution in [2.24, 2.45) is 0 Å². The monoisotopic (exact) mass is 222 g/mol. The Morgan fingerprint density at radius 3 is 2.69 bits per heavy atom. The van der Waals surface area contributed by atoms with Gasteiger partial charge in [0.1, 0.15) is 0 Å². The van der Waals surface area contributed by atoms with Crippen LogP contribution in [0.1, 0.15) is 33.1 Å². The maximum Gasteiger partial charge on any atom is 0.0933 e. The maximum atomic E-state index is 11.8. The molecule has 0 saturated carbocycles. The Morgan fingerprint density at radius 1 is 1.62 bits per heavy atom. The van der Waals surface area contributed by atoms with E-state index in [0.717, 1.165) is 18.6 Å². The van der Waals surface area contributed by atoms with Crippen LogP contribution >= 0.6 is 11.8 Å². The van der Waals surface area contributed by atoms with Crippen LogP contribution in [0.25, 0.3) is 0 Å². The van der Waals surface area contributed by atoms with Crippen LogP contribution in [0.15, 0.2) is 0 Å². The third-order valence-corrected chi connectivity index (χ3v) is 6.30. The van der Waals surface area contributed by atoms with Crippen LogP contribution in [-0.2, 0) is 10.8 Å². The van der Waals surface area contributed by atoms with Crippen molar-refractivity contribution in [2.75, 3.05) is 12.4 Å². The fourth-order valence-electron chi connectivity index (χ4n) is 1.78. The molecule has 4 heteroatoms. The summed E-state index contributed by atoms with van der Waals surface area (Å²) in [6.45, 7) is 4.41. The lowest BCUT2D eigenvalue weighted by Crippen LogP contribution is -2.29. The van der Waals surface area contributed by atoms with Crippen molar-refractivity contribution in [3.05, 3.63) is 0 Å². The van der Waals surface area contributed by atoms with Crippen LogP contribution in [0.5, 0.6) is 0 Å². The smallest absolute Gasteiger partial charge is 0.0933 e. The lowest BCUT2D eigenvalue weighted by atomic mass is 10.2. The molecule has 1 fully saturated rings. The molecule has 0 aromatic rings. The average Bonchev–Trinajstić information content (AvgIpc) is 2.32. The summed E-state index contributed by atoms with van der Waals surface area (Å²) in [6.07, 6.45) is 2.73. The van der Waals surface area contributed by atoms with Crippen LogP contribution in [0, 0.1) is 0 Å². The highest BCUT2D eigenvalue weighted by Crippen LogP contribution is 2.44. The van der Waals surface area contributed by atoms with Gasteiger partial charge in [-0.2, -0.15) is 0 Å². The normalized spacial score (nSPS) is 34.3. The van der Waals surface area contributed by atoms with Crippen molar-refractivity contribution in [3.63, 3.8) is 0 Å². The van der Waals surface area contributed by atoms with E-state index in [1.165, 1.54) is 0 Å². The Hall–Kier alpha value is 0.460. The van der Waals surface area contributed by atoms with Gasteiger partial charge in [0, 0.05) is 28.4 Å². The van der Waals surface area contributed by atoms with Crippen LogP contribution in [0.4, 0.5) is 0 Å². The Bertz CT molecular complexity index is 194. The Balaban J connectivity index is 2.68. The van der Waals surface area contributed by atoms with Gasteiger partial charge in [-0.25, -0.2) is 0 Å². The predicted molar refractivity (Wildman–Crippen MR) is 59.4 cm³/mol. The van der Waals surface area contributed by atoms with Crippen molar-refractivity contribution >= 4 is 22.6 Å². The molecule has 1 aliphatic heterocycles. The van der Waals surface area contributed by atoms with E-state index in [2.05, 4.69) is 13.8 Å². The largest absolute Gasteiger partial charge is 0.396 e. The van der Waals surface area contributed by atoms with Gasteiger partial charge in [-0.05, 0) is 19.3 Å². The minimum absolute atomic E-state index is 0.136. The molecular formula is C9H18O2S2. The molecule has 1 saturated heterocycles. The maximum absolute atomic E-state index is 11.8. The van der Waals surface area contributed by atoms with Gasteiger partial charge >= 0.3 is 0 Å². The van der Waals surface area contributed by atoms with Crippen molar-refractivity contribution < 1.29 is 9.32 Å². The Morgan fingerprint density at radius 2 is 2.31 bits per heavy atom. The van der Waals surface area contributed by atoms with Gasteiger partial charge in [-0.1, -0.05) is 13.8 Å². The fraction of sp³-hybridized carbons (Fsp3) is 1.00. The molecular weight excluding hydrogens is 204 g/mol. The summed E-state index contributed by atoms with van der Waals surface area (Å²) in [6, 6.07) is 0. The lowest BCUT2D eigenvalue weighted by Gasteiger charge is -2.28. The van der Waals surface area contributed by atoms with Gasteiger partial charge < -0.3 is 5.11 Å². The second kappa shape index (κ2) is 4.80. The molecule has 0 radical (unpaired) electrons. The molecule has 1 heterocycles. The van der Waals surface area contributed by atoms with Crippen molar-refractivity contribution in [1.29, 1.82) is 0 Å². The first-order chi connectivity index (χ1) is 6.10. The van der Waals surface area contributed by atoms with Crippen LogP contribution in [-0.4, -0.2) is 31.0 Å². The molecule has 0 unspecified atom stereocenters. The van der Waals surface area contributed by atoms with E-state index >= 15 is 0 Å². The molecule has 1 N–H and O–H groups in total.